The summed E-state index contributed by atoms with van der Waals surface area (Å²) in [6.07, 6.45) is 3.70. The van der Waals surface area contributed by atoms with Gasteiger partial charge in [-0.05, 0) is 12.3 Å². The summed E-state index contributed by atoms with van der Waals surface area (Å²) in [7, 11) is 1.56. The highest BCUT2D eigenvalue weighted by Crippen LogP contribution is 2.08. The van der Waals surface area contributed by atoms with Crippen molar-refractivity contribution in [3.8, 4) is 0 Å². The molecule has 0 bridgehead atoms. The zero-order valence-corrected chi connectivity index (χ0v) is 12.7. The first-order valence-electron chi connectivity index (χ1n) is 6.21. The summed E-state index contributed by atoms with van der Waals surface area (Å²) in [5.41, 5.74) is 6.31. The SMILES string of the molecule is CNC(=O)Cn1cc(NC(=O)[C@@H](N)CC(C)C)cn1.Cl. The summed E-state index contributed by atoms with van der Waals surface area (Å²) in [4.78, 5) is 22.9. The first kappa shape index (κ1) is 18.4. The van der Waals surface area contributed by atoms with Crippen LogP contribution in [0.5, 0.6) is 0 Å². The number of carbonyl (C=O) groups excluding carboxylic acids is 2. The molecule has 7 nitrogen and oxygen atoms in total. The van der Waals surface area contributed by atoms with Gasteiger partial charge in [-0.25, -0.2) is 0 Å². The van der Waals surface area contributed by atoms with Crippen LogP contribution in [0.3, 0.4) is 0 Å². The molecule has 0 aliphatic carbocycles. The summed E-state index contributed by atoms with van der Waals surface area (Å²) in [5.74, 6) is -0.0394. The summed E-state index contributed by atoms with van der Waals surface area (Å²) in [6, 6.07) is -0.540. The van der Waals surface area contributed by atoms with E-state index in [4.69, 9.17) is 5.73 Å². The Morgan fingerprint density at radius 2 is 2.10 bits per heavy atom. The van der Waals surface area contributed by atoms with Gasteiger partial charge in [-0.1, -0.05) is 13.8 Å². The molecule has 0 radical (unpaired) electrons. The van der Waals surface area contributed by atoms with Gasteiger partial charge in [0.2, 0.25) is 11.8 Å². The number of hydrogen-bond donors (Lipinski definition) is 3. The van der Waals surface area contributed by atoms with Crippen molar-refractivity contribution in [3.05, 3.63) is 12.4 Å². The van der Waals surface area contributed by atoms with Crippen LogP contribution in [-0.4, -0.2) is 34.7 Å². The van der Waals surface area contributed by atoms with Gasteiger partial charge in [0.1, 0.15) is 6.54 Å². The molecule has 1 heterocycles. The minimum Gasteiger partial charge on any atom is -0.358 e. The summed E-state index contributed by atoms with van der Waals surface area (Å²) in [6.45, 7) is 4.13. The van der Waals surface area contributed by atoms with E-state index in [1.807, 2.05) is 13.8 Å². The van der Waals surface area contributed by atoms with Gasteiger partial charge in [0.25, 0.3) is 0 Å². The van der Waals surface area contributed by atoms with E-state index in [0.717, 1.165) is 0 Å². The number of rotatable bonds is 6. The highest BCUT2D eigenvalue weighted by molar-refractivity contribution is 5.94. The normalized spacial score (nSPS) is 11.7. The van der Waals surface area contributed by atoms with Gasteiger partial charge in [-0.15, -0.1) is 12.4 Å². The minimum absolute atomic E-state index is 0. The number of aromatic nitrogens is 2. The van der Waals surface area contributed by atoms with Crippen LogP contribution >= 0.6 is 12.4 Å². The van der Waals surface area contributed by atoms with E-state index < -0.39 is 6.04 Å². The summed E-state index contributed by atoms with van der Waals surface area (Å²) in [5, 5.41) is 9.15. The van der Waals surface area contributed by atoms with Gasteiger partial charge in [0.05, 0.1) is 17.9 Å². The maximum atomic E-state index is 11.8. The molecule has 20 heavy (non-hydrogen) atoms. The fourth-order valence-corrected chi connectivity index (χ4v) is 1.59. The van der Waals surface area contributed by atoms with Crippen molar-refractivity contribution in [1.82, 2.24) is 15.1 Å². The molecule has 0 saturated heterocycles. The van der Waals surface area contributed by atoms with Crippen LogP contribution in [-0.2, 0) is 16.1 Å². The lowest BCUT2D eigenvalue weighted by molar-refractivity contribution is -0.121. The van der Waals surface area contributed by atoms with Crippen LogP contribution < -0.4 is 16.4 Å². The smallest absolute Gasteiger partial charge is 0.241 e. The number of nitrogens with two attached hydrogens (primary N) is 1. The minimum atomic E-state index is -0.540. The molecule has 8 heteroatoms. The molecule has 0 aromatic carbocycles. The van der Waals surface area contributed by atoms with Gasteiger partial charge >= 0.3 is 0 Å². The third-order valence-electron chi connectivity index (χ3n) is 2.55. The average Bonchev–Trinajstić information content (AvgIpc) is 2.75. The molecule has 1 aromatic heterocycles. The van der Waals surface area contributed by atoms with Gasteiger partial charge in [-0.2, -0.15) is 5.10 Å². The molecule has 1 atom stereocenters. The molecule has 0 fully saturated rings. The van der Waals surface area contributed by atoms with Gasteiger partial charge in [0, 0.05) is 13.2 Å². The van der Waals surface area contributed by atoms with Crippen LogP contribution in [0, 0.1) is 5.92 Å². The molecule has 1 aromatic rings. The highest BCUT2D eigenvalue weighted by atomic mass is 35.5. The third kappa shape index (κ3) is 6.03. The Labute approximate surface area is 124 Å². The van der Waals surface area contributed by atoms with Gasteiger partial charge in [-0.3, -0.25) is 14.3 Å². The zero-order valence-electron chi connectivity index (χ0n) is 11.9. The first-order chi connectivity index (χ1) is 8.92. The van der Waals surface area contributed by atoms with Crippen LogP contribution in [0.2, 0.25) is 0 Å². The van der Waals surface area contributed by atoms with Crippen LogP contribution in [0.25, 0.3) is 0 Å². The van der Waals surface area contributed by atoms with E-state index in [9.17, 15) is 9.59 Å². The van der Waals surface area contributed by atoms with Gasteiger partial charge < -0.3 is 16.4 Å². The fourth-order valence-electron chi connectivity index (χ4n) is 1.59. The predicted molar refractivity (Wildman–Crippen MR) is 79.6 cm³/mol. The molecule has 0 spiro atoms. The molecule has 4 N–H and O–H groups in total. The quantitative estimate of drug-likeness (QED) is 0.706. The van der Waals surface area contributed by atoms with Crippen molar-refractivity contribution in [2.45, 2.75) is 32.9 Å². The lowest BCUT2D eigenvalue weighted by Crippen LogP contribution is -2.36. The maximum absolute atomic E-state index is 11.8. The highest BCUT2D eigenvalue weighted by Gasteiger charge is 2.15. The summed E-state index contributed by atoms with van der Waals surface area (Å²) < 4.78 is 1.45. The van der Waals surface area contributed by atoms with E-state index in [2.05, 4.69) is 15.7 Å². The molecular formula is C12H22ClN5O2. The molecule has 0 unspecified atom stereocenters. The number of likely N-dealkylation sites (N-methyl/N-ethyl adjacent to an activating group) is 1. The number of amides is 2. The lowest BCUT2D eigenvalue weighted by atomic mass is 10.0. The Hall–Kier alpha value is -1.60. The van der Waals surface area contributed by atoms with E-state index in [0.29, 0.717) is 18.0 Å². The number of hydrogen-bond acceptors (Lipinski definition) is 4. The Bertz CT molecular complexity index is 447. The third-order valence-corrected chi connectivity index (χ3v) is 2.55. The predicted octanol–water partition coefficient (Wildman–Crippen LogP) is 0.363. The van der Waals surface area contributed by atoms with Crippen molar-refractivity contribution in [1.29, 1.82) is 0 Å². The van der Waals surface area contributed by atoms with Crippen LogP contribution in [0.1, 0.15) is 20.3 Å². The second-order valence-electron chi connectivity index (χ2n) is 4.83. The van der Waals surface area contributed by atoms with Crippen molar-refractivity contribution in [3.63, 3.8) is 0 Å². The van der Waals surface area contributed by atoms with E-state index >= 15 is 0 Å². The van der Waals surface area contributed by atoms with Crippen molar-refractivity contribution >= 4 is 29.9 Å². The number of nitrogens with one attached hydrogen (secondary N) is 2. The number of anilines is 1. The van der Waals surface area contributed by atoms with Gasteiger partial charge in [0.15, 0.2) is 0 Å². The molecule has 114 valence electrons. The molecule has 2 amide bonds. The Kier molecular flexibility index (Phi) is 7.86. The second kappa shape index (κ2) is 8.55. The zero-order chi connectivity index (χ0) is 14.4. The summed E-state index contributed by atoms with van der Waals surface area (Å²) >= 11 is 0. The van der Waals surface area contributed by atoms with Crippen molar-refractivity contribution in [2.24, 2.45) is 11.7 Å². The molecule has 0 aliphatic rings. The largest absolute Gasteiger partial charge is 0.358 e. The van der Waals surface area contributed by atoms with E-state index in [1.165, 1.54) is 10.9 Å². The monoisotopic (exact) mass is 303 g/mol. The second-order valence-corrected chi connectivity index (χ2v) is 4.83. The first-order valence-corrected chi connectivity index (χ1v) is 6.21. The van der Waals surface area contributed by atoms with E-state index in [1.54, 1.807) is 13.2 Å². The number of nitrogens with zero attached hydrogens (tertiary/aromatic N) is 2. The molecule has 0 aliphatic heterocycles. The number of carbonyl (C=O) groups is 2. The van der Waals surface area contributed by atoms with E-state index in [-0.39, 0.29) is 30.8 Å². The Balaban J connectivity index is 0.00000361. The lowest BCUT2D eigenvalue weighted by Gasteiger charge is -2.12. The van der Waals surface area contributed by atoms with Crippen molar-refractivity contribution in [2.75, 3.05) is 12.4 Å². The molecular weight excluding hydrogens is 282 g/mol. The molecule has 1 rings (SSSR count). The molecule has 0 saturated carbocycles. The topological polar surface area (TPSA) is 102 Å². The Morgan fingerprint density at radius 3 is 2.65 bits per heavy atom. The number of halogens is 1. The van der Waals surface area contributed by atoms with Crippen molar-refractivity contribution < 1.29 is 9.59 Å². The fraction of sp³-hybridized carbons (Fsp3) is 0.583. The maximum Gasteiger partial charge on any atom is 0.241 e. The standard InChI is InChI=1S/C12H21N5O2.ClH/c1-8(2)4-10(13)12(19)16-9-5-15-17(6-9)7-11(18)14-3;/h5-6,8,10H,4,7,13H2,1-3H3,(H,14,18)(H,16,19);1H/t10-;/m0./s1. The average molecular weight is 304 g/mol. The van der Waals surface area contributed by atoms with Crippen LogP contribution in [0.4, 0.5) is 5.69 Å². The van der Waals surface area contributed by atoms with Crippen LogP contribution in [0.15, 0.2) is 12.4 Å². The Morgan fingerprint density at radius 1 is 1.45 bits per heavy atom.